The number of halogens is 1. The van der Waals surface area contributed by atoms with Crippen LogP contribution < -0.4 is 10.6 Å². The average Bonchev–Trinajstić information content (AvgIpc) is 2.38. The summed E-state index contributed by atoms with van der Waals surface area (Å²) in [6, 6.07) is 6.83. The third-order valence-electron chi connectivity index (χ3n) is 4.41. The summed E-state index contributed by atoms with van der Waals surface area (Å²) in [4.78, 5) is 2.54. The highest BCUT2D eigenvalue weighted by molar-refractivity contribution is 9.10. The number of piperidine rings is 1. The Balaban J connectivity index is 2.13. The first-order chi connectivity index (χ1) is 9.47. The number of hydrogen-bond acceptors (Lipinski definition) is 2. The number of rotatable bonds is 4. The van der Waals surface area contributed by atoms with Gasteiger partial charge in [0, 0.05) is 29.3 Å². The first-order valence-electron chi connectivity index (χ1n) is 7.76. The lowest BCUT2D eigenvalue weighted by Gasteiger charge is -2.36. The van der Waals surface area contributed by atoms with Crippen LogP contribution in [-0.2, 0) is 6.42 Å². The average molecular weight is 339 g/mol. The van der Waals surface area contributed by atoms with E-state index < -0.39 is 0 Å². The Morgan fingerprint density at radius 2 is 1.90 bits per heavy atom. The maximum atomic E-state index is 6.00. The minimum atomic E-state index is 0.205. The molecular formula is C17H27BrN2. The Bertz CT molecular complexity index is 435. The molecule has 0 radical (unpaired) electrons. The number of benzene rings is 1. The van der Waals surface area contributed by atoms with E-state index in [0.29, 0.717) is 0 Å². The number of nitrogens with zero attached hydrogens (tertiary/aromatic N) is 1. The summed E-state index contributed by atoms with van der Waals surface area (Å²) in [5.74, 6) is 1.70. The second kappa shape index (κ2) is 6.95. The molecule has 1 aliphatic rings. The zero-order valence-corrected chi connectivity index (χ0v) is 14.5. The molecule has 112 valence electrons. The van der Waals surface area contributed by atoms with Crippen molar-refractivity contribution in [1.82, 2.24) is 0 Å². The van der Waals surface area contributed by atoms with E-state index in [1.54, 1.807) is 0 Å². The van der Waals surface area contributed by atoms with Gasteiger partial charge in [0.1, 0.15) is 0 Å². The molecule has 20 heavy (non-hydrogen) atoms. The van der Waals surface area contributed by atoms with Gasteiger partial charge in [-0.05, 0) is 61.8 Å². The minimum absolute atomic E-state index is 0.205. The molecule has 1 atom stereocenters. The van der Waals surface area contributed by atoms with Crippen LogP contribution in [0, 0.1) is 11.8 Å². The molecule has 2 N–H and O–H groups in total. The van der Waals surface area contributed by atoms with E-state index >= 15 is 0 Å². The topological polar surface area (TPSA) is 29.3 Å². The van der Waals surface area contributed by atoms with Gasteiger partial charge in [-0.1, -0.05) is 29.8 Å². The molecule has 1 fully saturated rings. The van der Waals surface area contributed by atoms with Crippen LogP contribution in [0.15, 0.2) is 22.7 Å². The molecule has 2 nitrogen and oxygen atoms in total. The molecule has 1 saturated heterocycles. The minimum Gasteiger partial charge on any atom is -0.371 e. The zero-order valence-electron chi connectivity index (χ0n) is 12.9. The predicted octanol–water partition coefficient (Wildman–Crippen LogP) is 4.21. The summed E-state index contributed by atoms with van der Waals surface area (Å²) in [5, 5.41) is 0. The smallest absolute Gasteiger partial charge is 0.0400 e. The van der Waals surface area contributed by atoms with Crippen molar-refractivity contribution in [3.8, 4) is 0 Å². The van der Waals surface area contributed by atoms with Crippen molar-refractivity contribution in [3.63, 3.8) is 0 Å². The summed E-state index contributed by atoms with van der Waals surface area (Å²) in [6.07, 6.45) is 3.57. The van der Waals surface area contributed by atoms with Gasteiger partial charge in [0.25, 0.3) is 0 Å². The summed E-state index contributed by atoms with van der Waals surface area (Å²) in [7, 11) is 0. The highest BCUT2D eigenvalue weighted by Gasteiger charge is 2.23. The molecule has 0 aromatic heterocycles. The Hall–Kier alpha value is -0.540. The normalized spacial score (nSPS) is 18.6. The first-order valence-corrected chi connectivity index (χ1v) is 8.55. The summed E-state index contributed by atoms with van der Waals surface area (Å²) in [6.45, 7) is 9.13. The largest absolute Gasteiger partial charge is 0.371 e. The maximum Gasteiger partial charge on any atom is 0.0400 e. The molecule has 0 bridgehead atoms. The molecule has 0 spiro atoms. The maximum absolute atomic E-state index is 6.00. The molecule has 0 amide bonds. The van der Waals surface area contributed by atoms with E-state index in [1.807, 2.05) is 0 Å². The van der Waals surface area contributed by atoms with Crippen molar-refractivity contribution in [3.05, 3.63) is 28.2 Å². The van der Waals surface area contributed by atoms with Crippen molar-refractivity contribution in [2.45, 2.75) is 46.1 Å². The molecular weight excluding hydrogens is 312 g/mol. The fourth-order valence-corrected chi connectivity index (χ4v) is 3.59. The van der Waals surface area contributed by atoms with Crippen LogP contribution in [-0.4, -0.2) is 19.1 Å². The van der Waals surface area contributed by atoms with Crippen molar-refractivity contribution in [2.75, 3.05) is 18.0 Å². The highest BCUT2D eigenvalue weighted by atomic mass is 79.9. The Morgan fingerprint density at radius 3 is 2.45 bits per heavy atom. The predicted molar refractivity (Wildman–Crippen MR) is 91.3 cm³/mol. The van der Waals surface area contributed by atoms with Gasteiger partial charge in [0.15, 0.2) is 0 Å². The van der Waals surface area contributed by atoms with Crippen molar-refractivity contribution >= 4 is 21.6 Å². The number of nitrogens with two attached hydrogens (primary N) is 1. The Morgan fingerprint density at radius 1 is 1.25 bits per heavy atom. The SMILES string of the molecule is CC(N)Cc1cc(Br)ccc1N1CCC(C(C)C)CC1. The van der Waals surface area contributed by atoms with Crippen LogP contribution in [0.2, 0.25) is 0 Å². The molecule has 1 heterocycles. The lowest BCUT2D eigenvalue weighted by molar-refractivity contribution is 0.311. The van der Waals surface area contributed by atoms with Gasteiger partial charge in [-0.2, -0.15) is 0 Å². The molecule has 1 unspecified atom stereocenters. The fraction of sp³-hybridized carbons (Fsp3) is 0.647. The van der Waals surface area contributed by atoms with Gasteiger partial charge in [0.2, 0.25) is 0 Å². The zero-order chi connectivity index (χ0) is 14.7. The van der Waals surface area contributed by atoms with Gasteiger partial charge < -0.3 is 10.6 Å². The molecule has 0 aliphatic carbocycles. The van der Waals surface area contributed by atoms with Crippen molar-refractivity contribution < 1.29 is 0 Å². The number of hydrogen-bond donors (Lipinski definition) is 1. The Labute approximate surface area is 131 Å². The molecule has 1 aliphatic heterocycles. The first kappa shape index (κ1) is 15.8. The monoisotopic (exact) mass is 338 g/mol. The van der Waals surface area contributed by atoms with Crippen LogP contribution in [0.3, 0.4) is 0 Å². The van der Waals surface area contributed by atoms with E-state index in [4.69, 9.17) is 5.73 Å². The summed E-state index contributed by atoms with van der Waals surface area (Å²) < 4.78 is 1.15. The van der Waals surface area contributed by atoms with Crippen LogP contribution in [0.25, 0.3) is 0 Å². The van der Waals surface area contributed by atoms with Crippen LogP contribution in [0.4, 0.5) is 5.69 Å². The second-order valence-corrected chi connectivity index (χ2v) is 7.44. The van der Waals surface area contributed by atoms with Gasteiger partial charge in [-0.15, -0.1) is 0 Å². The second-order valence-electron chi connectivity index (χ2n) is 6.52. The lowest BCUT2D eigenvalue weighted by atomic mass is 9.86. The van der Waals surface area contributed by atoms with E-state index in [0.717, 1.165) is 22.7 Å². The van der Waals surface area contributed by atoms with Gasteiger partial charge >= 0.3 is 0 Å². The van der Waals surface area contributed by atoms with E-state index in [2.05, 4.69) is 59.8 Å². The van der Waals surface area contributed by atoms with E-state index in [9.17, 15) is 0 Å². The number of anilines is 1. The summed E-state index contributed by atoms with van der Waals surface area (Å²) in [5.41, 5.74) is 8.76. The quantitative estimate of drug-likeness (QED) is 0.890. The van der Waals surface area contributed by atoms with Crippen LogP contribution >= 0.6 is 15.9 Å². The molecule has 1 aromatic carbocycles. The van der Waals surface area contributed by atoms with Crippen molar-refractivity contribution in [2.24, 2.45) is 17.6 Å². The van der Waals surface area contributed by atoms with Crippen LogP contribution in [0.1, 0.15) is 39.2 Å². The lowest BCUT2D eigenvalue weighted by Crippen LogP contribution is -2.36. The van der Waals surface area contributed by atoms with E-state index in [-0.39, 0.29) is 6.04 Å². The standard InChI is InChI=1S/C17H27BrN2/c1-12(2)14-6-8-20(9-7-14)17-5-4-16(18)11-15(17)10-13(3)19/h4-5,11-14H,6-10,19H2,1-3H3. The highest BCUT2D eigenvalue weighted by Crippen LogP contribution is 2.31. The van der Waals surface area contributed by atoms with Crippen LogP contribution in [0.5, 0.6) is 0 Å². The fourth-order valence-electron chi connectivity index (χ4n) is 3.18. The molecule has 2 rings (SSSR count). The molecule has 3 heteroatoms. The molecule has 0 saturated carbocycles. The molecule has 1 aromatic rings. The van der Waals surface area contributed by atoms with E-state index in [1.165, 1.54) is 37.2 Å². The van der Waals surface area contributed by atoms with Gasteiger partial charge in [-0.25, -0.2) is 0 Å². The summed E-state index contributed by atoms with van der Waals surface area (Å²) >= 11 is 3.58. The van der Waals surface area contributed by atoms with Gasteiger partial charge in [0.05, 0.1) is 0 Å². The Kier molecular flexibility index (Phi) is 5.50. The third kappa shape index (κ3) is 3.98. The van der Waals surface area contributed by atoms with Gasteiger partial charge in [-0.3, -0.25) is 0 Å². The van der Waals surface area contributed by atoms with Crippen molar-refractivity contribution in [1.29, 1.82) is 0 Å². The third-order valence-corrected chi connectivity index (χ3v) is 4.90.